The molecule has 0 saturated heterocycles. The molecule has 21 heavy (non-hydrogen) atoms. The number of aliphatic carboxylic acids is 1. The molecule has 114 valence electrons. The molecule has 2 atom stereocenters. The minimum absolute atomic E-state index is 0.0451. The average molecular weight is 292 g/mol. The van der Waals surface area contributed by atoms with E-state index >= 15 is 0 Å². The zero-order valence-corrected chi connectivity index (χ0v) is 11.8. The number of carboxylic acid groups (broad SMARTS) is 1. The molecule has 0 bridgehead atoms. The minimum atomic E-state index is -0.866. The lowest BCUT2D eigenvalue weighted by atomic mass is 9.86. The van der Waals surface area contributed by atoms with Gasteiger partial charge in [0.05, 0.1) is 5.92 Å². The first-order valence-electron chi connectivity index (χ1n) is 7.19. The maximum Gasteiger partial charge on any atom is 0.308 e. The van der Waals surface area contributed by atoms with Crippen molar-refractivity contribution in [1.29, 1.82) is 0 Å². The Balaban J connectivity index is 2.12. The van der Waals surface area contributed by atoms with Gasteiger partial charge in [0.1, 0.15) is 0 Å². The molecule has 7 heteroatoms. The van der Waals surface area contributed by atoms with Crippen LogP contribution in [0.15, 0.2) is 12.4 Å². The molecule has 2 rings (SSSR count). The Kier molecular flexibility index (Phi) is 5.08. The molecule has 0 aromatic carbocycles. The lowest BCUT2D eigenvalue weighted by molar-refractivity contribution is -0.143. The van der Waals surface area contributed by atoms with Gasteiger partial charge in [-0.25, -0.2) is 9.97 Å². The van der Waals surface area contributed by atoms with Crippen LogP contribution in [0.25, 0.3) is 0 Å². The van der Waals surface area contributed by atoms with Crippen LogP contribution >= 0.6 is 0 Å². The van der Waals surface area contributed by atoms with Gasteiger partial charge in [-0.1, -0.05) is 25.7 Å². The number of nitrogens with zero attached hydrogens (tertiary/aromatic N) is 2. The second-order valence-corrected chi connectivity index (χ2v) is 5.31. The van der Waals surface area contributed by atoms with E-state index in [4.69, 9.17) is 5.73 Å². The summed E-state index contributed by atoms with van der Waals surface area (Å²) < 4.78 is 0. The molecular formula is C14H20N4O3. The predicted molar refractivity (Wildman–Crippen MR) is 76.5 cm³/mol. The van der Waals surface area contributed by atoms with Crippen molar-refractivity contribution in [3.63, 3.8) is 0 Å². The zero-order valence-electron chi connectivity index (χ0n) is 11.8. The van der Waals surface area contributed by atoms with Gasteiger partial charge < -0.3 is 16.2 Å². The van der Waals surface area contributed by atoms with Crippen LogP contribution in [0.2, 0.25) is 0 Å². The quantitative estimate of drug-likeness (QED) is 0.770. The molecule has 7 nitrogen and oxygen atoms in total. The first-order chi connectivity index (χ1) is 10.1. The number of carbonyl (C=O) groups excluding carboxylic acids is 1. The van der Waals surface area contributed by atoms with Gasteiger partial charge in [-0.3, -0.25) is 9.59 Å². The fourth-order valence-electron chi connectivity index (χ4n) is 2.71. The Morgan fingerprint density at radius 2 is 1.81 bits per heavy atom. The molecule has 1 amide bonds. The fourth-order valence-corrected chi connectivity index (χ4v) is 2.71. The van der Waals surface area contributed by atoms with Crippen LogP contribution in [0.4, 0.5) is 5.82 Å². The summed E-state index contributed by atoms with van der Waals surface area (Å²) in [5, 5.41) is 12.1. The van der Waals surface area contributed by atoms with Crippen LogP contribution in [0.3, 0.4) is 0 Å². The Labute approximate surface area is 123 Å². The number of aromatic nitrogens is 2. The van der Waals surface area contributed by atoms with E-state index in [0.29, 0.717) is 12.8 Å². The van der Waals surface area contributed by atoms with E-state index in [0.717, 1.165) is 25.7 Å². The Hall–Kier alpha value is -2.18. The molecule has 0 aliphatic heterocycles. The van der Waals surface area contributed by atoms with E-state index in [9.17, 15) is 14.7 Å². The molecule has 1 aromatic rings. The summed E-state index contributed by atoms with van der Waals surface area (Å²) in [7, 11) is 0. The molecule has 1 aliphatic carbocycles. The van der Waals surface area contributed by atoms with E-state index in [-0.39, 0.29) is 11.5 Å². The number of amides is 1. The van der Waals surface area contributed by atoms with E-state index in [1.807, 2.05) is 0 Å². The maximum atomic E-state index is 12.2. The first kappa shape index (κ1) is 15.2. The lowest BCUT2D eigenvalue weighted by Crippen LogP contribution is -2.44. The van der Waals surface area contributed by atoms with Crippen molar-refractivity contribution < 1.29 is 14.7 Å². The zero-order chi connectivity index (χ0) is 15.2. The van der Waals surface area contributed by atoms with Crippen LogP contribution in [-0.4, -0.2) is 33.0 Å². The summed E-state index contributed by atoms with van der Waals surface area (Å²) >= 11 is 0. The van der Waals surface area contributed by atoms with E-state index in [1.165, 1.54) is 12.4 Å². The summed E-state index contributed by atoms with van der Waals surface area (Å²) in [6, 6.07) is -0.392. The van der Waals surface area contributed by atoms with E-state index < -0.39 is 23.8 Å². The van der Waals surface area contributed by atoms with Crippen molar-refractivity contribution in [1.82, 2.24) is 15.3 Å². The Morgan fingerprint density at radius 1 is 1.14 bits per heavy atom. The number of nitrogen functional groups attached to an aromatic ring is 1. The summed E-state index contributed by atoms with van der Waals surface area (Å²) in [5.41, 5.74) is 5.67. The standard InChI is InChI=1S/C14H20N4O3/c15-12-11(16-7-8-17-12)13(19)18-10-6-4-2-1-3-5-9(10)14(20)21/h7-10H,1-6H2,(H2,15,17)(H,18,19)(H,20,21). The highest BCUT2D eigenvalue weighted by Crippen LogP contribution is 2.23. The normalized spacial score (nSPS) is 22.9. The number of rotatable bonds is 3. The number of carboxylic acids is 1. The largest absolute Gasteiger partial charge is 0.481 e. The van der Waals surface area contributed by atoms with Gasteiger partial charge in [-0.2, -0.15) is 0 Å². The maximum absolute atomic E-state index is 12.2. The minimum Gasteiger partial charge on any atom is -0.481 e. The highest BCUT2D eigenvalue weighted by molar-refractivity contribution is 5.96. The summed E-state index contributed by atoms with van der Waals surface area (Å²) in [6.07, 6.45) is 7.91. The third-order valence-electron chi connectivity index (χ3n) is 3.84. The number of nitrogens with one attached hydrogen (secondary N) is 1. The van der Waals surface area contributed by atoms with Gasteiger partial charge in [-0.15, -0.1) is 0 Å². The molecule has 0 radical (unpaired) electrons. The second kappa shape index (κ2) is 7.01. The van der Waals surface area contributed by atoms with Gasteiger partial charge in [0, 0.05) is 18.4 Å². The molecule has 1 aliphatic rings. The van der Waals surface area contributed by atoms with E-state index in [2.05, 4.69) is 15.3 Å². The highest BCUT2D eigenvalue weighted by atomic mass is 16.4. The third-order valence-corrected chi connectivity index (χ3v) is 3.84. The summed E-state index contributed by atoms with van der Waals surface area (Å²) in [6.45, 7) is 0. The summed E-state index contributed by atoms with van der Waals surface area (Å²) in [4.78, 5) is 31.4. The number of nitrogens with two attached hydrogens (primary N) is 1. The third kappa shape index (κ3) is 3.90. The Bertz CT molecular complexity index is 521. The van der Waals surface area contributed by atoms with Crippen LogP contribution < -0.4 is 11.1 Å². The van der Waals surface area contributed by atoms with Gasteiger partial charge in [-0.05, 0) is 12.8 Å². The van der Waals surface area contributed by atoms with Gasteiger partial charge in [0.2, 0.25) is 0 Å². The van der Waals surface area contributed by atoms with Crippen LogP contribution in [0, 0.1) is 5.92 Å². The van der Waals surface area contributed by atoms with Crippen molar-refractivity contribution in [3.8, 4) is 0 Å². The fraction of sp³-hybridized carbons (Fsp3) is 0.571. The topological polar surface area (TPSA) is 118 Å². The second-order valence-electron chi connectivity index (χ2n) is 5.31. The van der Waals surface area contributed by atoms with Crippen molar-refractivity contribution in [2.24, 2.45) is 5.92 Å². The van der Waals surface area contributed by atoms with Crippen molar-refractivity contribution >= 4 is 17.7 Å². The van der Waals surface area contributed by atoms with Crippen LogP contribution in [0.1, 0.15) is 49.0 Å². The predicted octanol–water partition coefficient (Wildman–Crippen LogP) is 1.21. The van der Waals surface area contributed by atoms with Crippen molar-refractivity contribution in [2.45, 2.75) is 44.6 Å². The lowest BCUT2D eigenvalue weighted by Gasteiger charge is -2.27. The highest BCUT2D eigenvalue weighted by Gasteiger charge is 2.30. The number of hydrogen-bond acceptors (Lipinski definition) is 5. The van der Waals surface area contributed by atoms with Gasteiger partial charge in [0.25, 0.3) is 5.91 Å². The van der Waals surface area contributed by atoms with Gasteiger partial charge in [0.15, 0.2) is 11.5 Å². The van der Waals surface area contributed by atoms with Crippen molar-refractivity contribution in [3.05, 3.63) is 18.1 Å². The van der Waals surface area contributed by atoms with E-state index in [1.54, 1.807) is 0 Å². The number of anilines is 1. The van der Waals surface area contributed by atoms with Crippen LogP contribution in [0.5, 0.6) is 0 Å². The molecule has 4 N–H and O–H groups in total. The molecule has 1 saturated carbocycles. The van der Waals surface area contributed by atoms with Gasteiger partial charge >= 0.3 is 5.97 Å². The molecule has 1 heterocycles. The monoisotopic (exact) mass is 292 g/mol. The number of hydrogen-bond donors (Lipinski definition) is 3. The SMILES string of the molecule is Nc1nccnc1C(=O)NC1CCCCCCC1C(=O)O. The smallest absolute Gasteiger partial charge is 0.308 e. The Morgan fingerprint density at radius 3 is 2.48 bits per heavy atom. The first-order valence-corrected chi connectivity index (χ1v) is 7.19. The summed E-state index contributed by atoms with van der Waals surface area (Å²) in [5.74, 6) is -1.84. The molecule has 2 unspecified atom stereocenters. The molecule has 1 aromatic heterocycles. The number of carbonyl (C=O) groups is 2. The molecular weight excluding hydrogens is 272 g/mol. The molecule has 1 fully saturated rings. The molecule has 0 spiro atoms. The van der Waals surface area contributed by atoms with Crippen LogP contribution in [-0.2, 0) is 4.79 Å². The average Bonchev–Trinajstić information content (AvgIpc) is 2.41. The van der Waals surface area contributed by atoms with Crippen molar-refractivity contribution in [2.75, 3.05) is 5.73 Å².